The zero-order valence-corrected chi connectivity index (χ0v) is 8.90. The fourth-order valence-corrected chi connectivity index (χ4v) is 0.532. The van der Waals surface area contributed by atoms with Crippen molar-refractivity contribution in [2.24, 2.45) is 0 Å². The van der Waals surface area contributed by atoms with Crippen LogP contribution < -0.4 is 29.6 Å². The van der Waals surface area contributed by atoms with Gasteiger partial charge in [0.1, 0.15) is 6.29 Å². The van der Waals surface area contributed by atoms with Crippen LogP contribution in [0.25, 0.3) is 0 Å². The van der Waals surface area contributed by atoms with E-state index in [4.69, 9.17) is 11.8 Å². The van der Waals surface area contributed by atoms with Crippen molar-refractivity contribution in [2.75, 3.05) is 0 Å². The number of benzene rings is 1. The Morgan fingerprint density at radius 1 is 1.17 bits per heavy atom. The number of carbonyl (C=O) groups is 1. The van der Waals surface area contributed by atoms with Gasteiger partial charge in [-0.15, -0.1) is 0 Å². The van der Waals surface area contributed by atoms with Crippen molar-refractivity contribution in [3.8, 4) is 0 Å². The Balaban J connectivity index is -0.000000189. The zero-order valence-electron chi connectivity index (χ0n) is 6.90. The van der Waals surface area contributed by atoms with Crippen molar-refractivity contribution in [1.29, 1.82) is 5.26 Å². The summed E-state index contributed by atoms with van der Waals surface area (Å²) in [6, 6.07) is 9.10. The van der Waals surface area contributed by atoms with Crippen LogP contribution in [0.4, 0.5) is 0 Å². The normalized spacial score (nSPS) is 5.83. The molecular weight excluding hydrogens is 160 g/mol. The third kappa shape index (κ3) is 7.55. The van der Waals surface area contributed by atoms with E-state index >= 15 is 0 Å². The molecule has 4 heteroatoms. The molecule has 0 aliphatic carbocycles. The molecule has 0 saturated heterocycles. The molecule has 0 aliphatic heterocycles. The third-order valence-electron chi connectivity index (χ3n) is 0.936. The number of rotatable bonds is 1. The molecule has 0 aliphatic rings. The SMILES string of the molecule is O=Cc1ccccc1.[B].[C-]#N.[Na+]. The van der Waals surface area contributed by atoms with E-state index in [1.54, 1.807) is 12.1 Å². The van der Waals surface area contributed by atoms with Crippen molar-refractivity contribution in [3.05, 3.63) is 42.5 Å². The summed E-state index contributed by atoms with van der Waals surface area (Å²) in [7, 11) is 0. The molecule has 0 fully saturated rings. The van der Waals surface area contributed by atoms with Crippen molar-refractivity contribution in [2.45, 2.75) is 0 Å². The van der Waals surface area contributed by atoms with Gasteiger partial charge < -0.3 is 11.8 Å². The topological polar surface area (TPSA) is 40.9 Å². The van der Waals surface area contributed by atoms with Crippen LogP contribution in [0.2, 0.25) is 0 Å². The number of aldehydes is 1. The first kappa shape index (κ1) is 17.5. The van der Waals surface area contributed by atoms with Crippen LogP contribution in [0.1, 0.15) is 10.4 Å². The molecule has 53 valence electrons. The second-order valence-electron chi connectivity index (χ2n) is 1.53. The number of hydrogen-bond donors (Lipinski definition) is 0. The largest absolute Gasteiger partial charge is 1.00 e. The summed E-state index contributed by atoms with van der Waals surface area (Å²) < 4.78 is 0. The Kier molecular flexibility index (Phi) is 19.1. The molecule has 0 atom stereocenters. The predicted octanol–water partition coefficient (Wildman–Crippen LogP) is -1.78. The van der Waals surface area contributed by atoms with E-state index in [0.717, 1.165) is 11.8 Å². The number of carbonyl (C=O) groups excluding carboxylic acids is 1. The average molecular weight is 166 g/mol. The maximum Gasteiger partial charge on any atom is 1.00 e. The summed E-state index contributed by atoms with van der Waals surface area (Å²) in [5.74, 6) is 0. The molecular formula is C8H6BNNaO. The molecule has 3 radical (unpaired) electrons. The van der Waals surface area contributed by atoms with Crippen LogP contribution in [0.15, 0.2) is 30.3 Å². The summed E-state index contributed by atoms with van der Waals surface area (Å²) in [6.45, 7) is 4.75. The summed E-state index contributed by atoms with van der Waals surface area (Å²) in [4.78, 5) is 10.0. The standard InChI is InChI=1S/C7H6O.CN.B.Na/c8-6-7-4-2-1-3-5-7;1-2;;/h1-6H;;;/q;-1;;+1. The fraction of sp³-hybridized carbons (Fsp3) is 0. The molecule has 0 aromatic heterocycles. The summed E-state index contributed by atoms with van der Waals surface area (Å²) in [5.41, 5.74) is 0.729. The van der Waals surface area contributed by atoms with E-state index in [-0.39, 0.29) is 38.0 Å². The van der Waals surface area contributed by atoms with Crippen molar-refractivity contribution in [3.63, 3.8) is 0 Å². The van der Waals surface area contributed by atoms with E-state index in [0.29, 0.717) is 0 Å². The van der Waals surface area contributed by atoms with Gasteiger partial charge >= 0.3 is 29.6 Å². The van der Waals surface area contributed by atoms with Crippen molar-refractivity contribution >= 4 is 14.7 Å². The zero-order chi connectivity index (χ0) is 7.82. The van der Waals surface area contributed by atoms with Crippen LogP contribution in [-0.4, -0.2) is 14.7 Å². The monoisotopic (exact) mass is 166 g/mol. The molecule has 0 amide bonds. The number of hydrogen-bond acceptors (Lipinski definition) is 2. The first-order valence-electron chi connectivity index (χ1n) is 2.66. The maximum atomic E-state index is 10.0. The molecule has 0 heterocycles. The molecule has 0 N–H and O–H groups in total. The summed E-state index contributed by atoms with van der Waals surface area (Å²) in [6.07, 6.45) is 0.833. The molecule has 0 bridgehead atoms. The van der Waals surface area contributed by atoms with Crippen LogP contribution >= 0.6 is 0 Å². The molecule has 0 unspecified atom stereocenters. The minimum atomic E-state index is 0. The van der Waals surface area contributed by atoms with Gasteiger partial charge in [-0.1, -0.05) is 30.3 Å². The minimum absolute atomic E-state index is 0. The average Bonchev–Trinajstić information content (AvgIpc) is 2.10. The molecule has 2 nitrogen and oxygen atoms in total. The Labute approximate surface area is 96.5 Å². The smallest absolute Gasteiger partial charge is 0.512 e. The molecule has 0 saturated carbocycles. The van der Waals surface area contributed by atoms with Crippen LogP contribution in [-0.2, 0) is 0 Å². The van der Waals surface area contributed by atoms with E-state index in [2.05, 4.69) is 0 Å². The maximum absolute atomic E-state index is 10.0. The van der Waals surface area contributed by atoms with Crippen molar-refractivity contribution in [1.82, 2.24) is 0 Å². The van der Waals surface area contributed by atoms with E-state index in [1.165, 1.54) is 0 Å². The van der Waals surface area contributed by atoms with E-state index in [9.17, 15) is 4.79 Å². The van der Waals surface area contributed by atoms with Gasteiger partial charge in [0.05, 0.1) is 0 Å². The Bertz CT molecular complexity index is 213. The van der Waals surface area contributed by atoms with Gasteiger partial charge in [-0.2, -0.15) is 0 Å². The molecule has 1 aromatic rings. The van der Waals surface area contributed by atoms with Crippen LogP contribution in [0, 0.1) is 11.8 Å². The van der Waals surface area contributed by atoms with Crippen LogP contribution in [0.5, 0.6) is 0 Å². The Hall–Kier alpha value is -0.555. The van der Waals surface area contributed by atoms with Gasteiger partial charge in [-0.3, -0.25) is 4.79 Å². The van der Waals surface area contributed by atoms with Gasteiger partial charge in [-0.25, -0.2) is 0 Å². The molecule has 12 heavy (non-hydrogen) atoms. The van der Waals surface area contributed by atoms with Gasteiger partial charge in [-0.05, 0) is 0 Å². The predicted molar refractivity (Wildman–Crippen MR) is 42.6 cm³/mol. The number of nitrogens with zero attached hydrogens (tertiary/aromatic N) is 1. The second kappa shape index (κ2) is 13.1. The second-order valence-corrected chi connectivity index (χ2v) is 1.53. The first-order valence-corrected chi connectivity index (χ1v) is 2.66. The Morgan fingerprint density at radius 2 is 1.58 bits per heavy atom. The first-order chi connectivity index (χ1) is 4.93. The minimum Gasteiger partial charge on any atom is -0.512 e. The third-order valence-corrected chi connectivity index (χ3v) is 0.936. The van der Waals surface area contributed by atoms with Crippen LogP contribution in [0.3, 0.4) is 0 Å². The van der Waals surface area contributed by atoms with Gasteiger partial charge in [0.2, 0.25) is 0 Å². The fourth-order valence-electron chi connectivity index (χ4n) is 0.532. The molecule has 1 aromatic carbocycles. The van der Waals surface area contributed by atoms with E-state index < -0.39 is 0 Å². The molecule has 0 spiro atoms. The quantitative estimate of drug-likeness (QED) is 0.281. The van der Waals surface area contributed by atoms with Gasteiger partial charge in [0.15, 0.2) is 0 Å². The Morgan fingerprint density at radius 3 is 1.83 bits per heavy atom. The van der Waals surface area contributed by atoms with Gasteiger partial charge in [0, 0.05) is 14.0 Å². The van der Waals surface area contributed by atoms with Gasteiger partial charge in [0.25, 0.3) is 0 Å². The van der Waals surface area contributed by atoms with Crippen molar-refractivity contribution < 1.29 is 34.4 Å². The summed E-state index contributed by atoms with van der Waals surface area (Å²) >= 11 is 0. The van der Waals surface area contributed by atoms with E-state index in [1.807, 2.05) is 18.2 Å². The summed E-state index contributed by atoms with van der Waals surface area (Å²) in [5, 5.41) is 6.25. The molecule has 1 rings (SSSR count).